The summed E-state index contributed by atoms with van der Waals surface area (Å²) in [5.74, 6) is -4.76. The monoisotopic (exact) mass is 670 g/mol. The van der Waals surface area contributed by atoms with Crippen LogP contribution in [0.2, 0.25) is 0 Å². The standard InChI is InChI=1S/C34H40F2N4O8/c1-32(2,3)26(37-31(45)47-33(4,5)6)29(42)40-17-18(15-22(40)28(41)38-34(30(43)44)16-21(34)27(35)36)48-39-25-19-11-7-9-13-23(19)46-24-14-10-8-12-20(24)25/h7-14,18,21-22,26-27H,15-17H2,1-6H3,(H,37,45)(H,38,41)(H,43,44)/t18-,21+,22?,26-,34+/m1/s1. The number of aliphatic carboxylic acids is 1. The number of carboxylic acids is 1. The fourth-order valence-corrected chi connectivity index (χ4v) is 5.94. The number of nitrogens with one attached hydrogen (secondary N) is 2. The summed E-state index contributed by atoms with van der Waals surface area (Å²) in [6.45, 7) is 9.99. The molecule has 5 atom stereocenters. The molecule has 2 heterocycles. The Hall–Kier alpha value is -4.75. The predicted molar refractivity (Wildman–Crippen MR) is 170 cm³/mol. The maximum absolute atomic E-state index is 14.2. The van der Waals surface area contributed by atoms with Crippen LogP contribution in [0, 0.1) is 11.3 Å². The number of fused-ring (bicyclic) bond motifs is 2. The molecule has 1 aliphatic heterocycles. The molecule has 1 unspecified atom stereocenters. The fraction of sp³-hybridized carbons (Fsp3) is 0.500. The van der Waals surface area contributed by atoms with E-state index in [2.05, 4.69) is 15.8 Å². The van der Waals surface area contributed by atoms with Gasteiger partial charge in [0.1, 0.15) is 45.9 Å². The average molecular weight is 671 g/mol. The molecule has 0 spiro atoms. The van der Waals surface area contributed by atoms with Gasteiger partial charge in [-0.15, -0.1) is 0 Å². The number of benzene rings is 2. The zero-order chi connectivity index (χ0) is 35.2. The lowest BCUT2D eigenvalue weighted by Gasteiger charge is -2.35. The molecule has 2 aromatic carbocycles. The van der Waals surface area contributed by atoms with E-state index in [9.17, 15) is 33.1 Å². The Balaban J connectivity index is 1.49. The Morgan fingerprint density at radius 3 is 2.08 bits per heavy atom. The smallest absolute Gasteiger partial charge is 0.408 e. The van der Waals surface area contributed by atoms with E-state index in [0.29, 0.717) is 27.3 Å². The van der Waals surface area contributed by atoms with Crippen LogP contribution in [0.3, 0.4) is 0 Å². The zero-order valence-corrected chi connectivity index (χ0v) is 27.6. The van der Waals surface area contributed by atoms with E-state index < -0.39 is 77.4 Å². The second kappa shape index (κ2) is 12.7. The van der Waals surface area contributed by atoms with Gasteiger partial charge in [-0.2, -0.15) is 0 Å². The number of hydrogen-bond acceptors (Lipinski definition) is 8. The SMILES string of the molecule is CC(C)(C)OC(=O)N[C@H](C(=O)N1C[C@H](ON=c2c3ccccc3oc3ccccc23)CC1C(=O)N[C@@]1(C(=O)O)C[C@H]1C(F)F)C(C)(C)C. The zero-order valence-electron chi connectivity index (χ0n) is 27.6. The Morgan fingerprint density at radius 2 is 1.58 bits per heavy atom. The van der Waals surface area contributed by atoms with Crippen molar-refractivity contribution in [3.05, 3.63) is 53.9 Å². The van der Waals surface area contributed by atoms with Crippen molar-refractivity contribution in [3.63, 3.8) is 0 Å². The van der Waals surface area contributed by atoms with Crippen molar-refractivity contribution in [2.24, 2.45) is 16.5 Å². The summed E-state index contributed by atoms with van der Waals surface area (Å²) < 4.78 is 38.5. The molecule has 2 aliphatic rings. The molecule has 258 valence electrons. The van der Waals surface area contributed by atoms with Crippen LogP contribution >= 0.6 is 0 Å². The molecule has 1 aliphatic carbocycles. The normalized spacial score (nSPS) is 23.1. The van der Waals surface area contributed by atoms with E-state index in [1.807, 2.05) is 36.4 Å². The van der Waals surface area contributed by atoms with E-state index >= 15 is 0 Å². The highest BCUT2D eigenvalue weighted by molar-refractivity contribution is 5.96. The van der Waals surface area contributed by atoms with Gasteiger partial charge >= 0.3 is 12.1 Å². The van der Waals surface area contributed by atoms with Gasteiger partial charge in [-0.05, 0) is 56.9 Å². The van der Waals surface area contributed by atoms with E-state index in [4.69, 9.17) is 14.0 Å². The fourth-order valence-electron chi connectivity index (χ4n) is 5.94. The summed E-state index contributed by atoms with van der Waals surface area (Å²) in [5, 5.41) is 20.9. The topological polar surface area (TPSA) is 160 Å². The number of nitrogens with zero attached hydrogens (tertiary/aromatic N) is 2. The summed E-state index contributed by atoms with van der Waals surface area (Å²) >= 11 is 0. The minimum Gasteiger partial charge on any atom is -0.479 e. The first-order valence-electron chi connectivity index (χ1n) is 15.7. The Labute approximate surface area is 275 Å². The van der Waals surface area contributed by atoms with Crippen LogP contribution in [0.15, 0.2) is 58.1 Å². The van der Waals surface area contributed by atoms with Gasteiger partial charge in [-0.25, -0.2) is 18.4 Å². The second-order valence-corrected chi connectivity index (χ2v) is 14.4. The molecule has 3 aromatic rings. The number of ether oxygens (including phenoxy) is 1. The number of rotatable bonds is 8. The lowest BCUT2D eigenvalue weighted by Crippen LogP contribution is -2.59. The number of alkyl halides is 2. The molecule has 2 fully saturated rings. The largest absolute Gasteiger partial charge is 0.479 e. The molecule has 5 rings (SSSR count). The van der Waals surface area contributed by atoms with Crippen molar-refractivity contribution in [1.82, 2.24) is 15.5 Å². The van der Waals surface area contributed by atoms with Crippen LogP contribution in [0.1, 0.15) is 54.4 Å². The number of alkyl carbamates (subject to hydrolysis) is 1. The maximum atomic E-state index is 14.2. The van der Waals surface area contributed by atoms with E-state index in [1.54, 1.807) is 53.7 Å². The maximum Gasteiger partial charge on any atom is 0.408 e. The molecule has 12 nitrogen and oxygen atoms in total. The van der Waals surface area contributed by atoms with Gasteiger partial charge in [0.05, 0.1) is 12.5 Å². The van der Waals surface area contributed by atoms with E-state index in [-0.39, 0.29) is 13.0 Å². The number of likely N-dealkylation sites (tertiary alicyclic amines) is 1. The third kappa shape index (κ3) is 7.07. The number of amides is 3. The number of halogens is 2. The van der Waals surface area contributed by atoms with Crippen LogP contribution in [0.5, 0.6) is 0 Å². The van der Waals surface area contributed by atoms with Crippen LogP contribution in [0.25, 0.3) is 21.9 Å². The summed E-state index contributed by atoms with van der Waals surface area (Å²) in [4.78, 5) is 59.9. The second-order valence-electron chi connectivity index (χ2n) is 14.4. The van der Waals surface area contributed by atoms with Gasteiger partial charge in [-0.1, -0.05) is 50.2 Å². The van der Waals surface area contributed by atoms with Crippen molar-refractivity contribution in [2.75, 3.05) is 6.54 Å². The Bertz CT molecular complexity index is 1760. The van der Waals surface area contributed by atoms with Gasteiger partial charge < -0.3 is 34.6 Å². The first-order valence-corrected chi connectivity index (χ1v) is 15.7. The van der Waals surface area contributed by atoms with E-state index in [0.717, 1.165) is 0 Å². The highest BCUT2D eigenvalue weighted by Crippen LogP contribution is 2.48. The van der Waals surface area contributed by atoms with Crippen LogP contribution in [-0.2, 0) is 24.0 Å². The number of carbonyl (C=O) groups is 4. The Morgan fingerprint density at radius 1 is 1.00 bits per heavy atom. The molecular weight excluding hydrogens is 630 g/mol. The van der Waals surface area contributed by atoms with Crippen molar-refractivity contribution in [2.45, 2.75) is 90.1 Å². The molecule has 14 heteroatoms. The molecule has 1 aromatic heterocycles. The molecule has 1 saturated carbocycles. The lowest BCUT2D eigenvalue weighted by atomic mass is 9.85. The molecule has 0 bridgehead atoms. The van der Waals surface area contributed by atoms with E-state index in [1.165, 1.54) is 4.90 Å². The average Bonchev–Trinajstić information content (AvgIpc) is 3.58. The van der Waals surface area contributed by atoms with Gasteiger partial charge in [0.25, 0.3) is 0 Å². The van der Waals surface area contributed by atoms with Gasteiger partial charge in [0.2, 0.25) is 18.2 Å². The predicted octanol–water partition coefficient (Wildman–Crippen LogP) is 4.55. The van der Waals surface area contributed by atoms with Crippen molar-refractivity contribution >= 4 is 45.8 Å². The first kappa shape index (κ1) is 34.6. The van der Waals surface area contributed by atoms with Gasteiger partial charge in [-0.3, -0.25) is 9.59 Å². The molecule has 1 saturated heterocycles. The summed E-state index contributed by atoms with van der Waals surface area (Å²) in [6.07, 6.45) is -5.27. The van der Waals surface area contributed by atoms with Gasteiger partial charge in [0.15, 0.2) is 0 Å². The third-order valence-electron chi connectivity index (χ3n) is 8.47. The summed E-state index contributed by atoms with van der Waals surface area (Å²) in [5.41, 5.74) is -2.78. The van der Waals surface area contributed by atoms with Crippen LogP contribution < -0.4 is 16.0 Å². The number of para-hydroxylation sites is 2. The lowest BCUT2D eigenvalue weighted by molar-refractivity contribution is -0.147. The minimum atomic E-state index is -2.97. The highest BCUT2D eigenvalue weighted by Gasteiger charge is 2.66. The summed E-state index contributed by atoms with van der Waals surface area (Å²) in [7, 11) is 0. The molecule has 3 N–H and O–H groups in total. The Kier molecular flexibility index (Phi) is 9.15. The molecular formula is C34H40F2N4O8. The molecule has 48 heavy (non-hydrogen) atoms. The van der Waals surface area contributed by atoms with Crippen LogP contribution in [0.4, 0.5) is 13.6 Å². The molecule has 3 amide bonds. The first-order chi connectivity index (χ1) is 22.4. The van der Waals surface area contributed by atoms with Crippen molar-refractivity contribution in [3.8, 4) is 0 Å². The number of hydrogen-bond donors (Lipinski definition) is 3. The minimum absolute atomic E-state index is 0.132. The summed E-state index contributed by atoms with van der Waals surface area (Å²) in [6, 6.07) is 11.9. The number of carboxylic acid groups (broad SMARTS) is 1. The molecule has 0 radical (unpaired) electrons. The highest BCUT2D eigenvalue weighted by atomic mass is 19.3. The quantitative estimate of drug-likeness (QED) is 0.233. The third-order valence-corrected chi connectivity index (χ3v) is 8.47. The number of carbonyl (C=O) groups excluding carboxylic acids is 3. The van der Waals surface area contributed by atoms with Gasteiger partial charge in [0, 0.05) is 17.2 Å². The van der Waals surface area contributed by atoms with Crippen molar-refractivity contribution < 1.29 is 47.1 Å². The van der Waals surface area contributed by atoms with Crippen molar-refractivity contribution in [1.29, 1.82) is 0 Å². The van der Waals surface area contributed by atoms with Crippen LogP contribution in [-0.4, -0.2) is 76.2 Å².